The van der Waals surface area contributed by atoms with E-state index in [0.717, 1.165) is 5.56 Å². The molecule has 0 aliphatic rings. The fraction of sp³-hybridized carbons (Fsp3) is 0. The van der Waals surface area contributed by atoms with Crippen molar-refractivity contribution in [3.63, 3.8) is 0 Å². The van der Waals surface area contributed by atoms with Crippen molar-refractivity contribution in [1.82, 2.24) is 9.97 Å². The van der Waals surface area contributed by atoms with Crippen LogP contribution in [0, 0.1) is 16.7 Å². The number of nitriles is 1. The fourth-order valence-corrected chi connectivity index (χ4v) is 2.30. The largest absolute Gasteiger partial charge is 0.504 e. The van der Waals surface area contributed by atoms with Gasteiger partial charge in [-0.2, -0.15) is 5.26 Å². The Kier molecular flexibility index (Phi) is 3.53. The third kappa shape index (κ3) is 2.63. The number of phenols is 2. The van der Waals surface area contributed by atoms with Crippen LogP contribution >= 0.6 is 0 Å². The molecule has 0 saturated heterocycles. The highest BCUT2D eigenvalue weighted by molar-refractivity contribution is 5.76. The van der Waals surface area contributed by atoms with Crippen LogP contribution in [-0.4, -0.2) is 20.2 Å². The van der Waals surface area contributed by atoms with E-state index in [9.17, 15) is 15.5 Å². The number of nitrogens with zero attached hydrogens (tertiary/aromatic N) is 2. The van der Waals surface area contributed by atoms with Crippen LogP contribution in [0.5, 0.6) is 11.5 Å². The van der Waals surface area contributed by atoms with Crippen LogP contribution in [-0.2, 0) is 0 Å². The average Bonchev–Trinajstić information content (AvgIpc) is 2.57. The number of hydrogen-bond acceptors (Lipinski definition) is 5. The van der Waals surface area contributed by atoms with E-state index in [-0.39, 0.29) is 22.6 Å². The van der Waals surface area contributed by atoms with E-state index in [2.05, 4.69) is 9.97 Å². The number of pyridine rings is 2. The van der Waals surface area contributed by atoms with Gasteiger partial charge in [0.25, 0.3) is 0 Å². The quantitative estimate of drug-likeness (QED) is 0.544. The lowest BCUT2D eigenvalue weighted by molar-refractivity contribution is 0.404. The summed E-state index contributed by atoms with van der Waals surface area (Å²) < 4.78 is 0. The second kappa shape index (κ2) is 5.66. The molecule has 3 rings (SSSR count). The maximum absolute atomic E-state index is 9.68. The van der Waals surface area contributed by atoms with E-state index in [0.29, 0.717) is 16.8 Å². The van der Waals surface area contributed by atoms with Gasteiger partial charge in [0.2, 0.25) is 0 Å². The summed E-state index contributed by atoms with van der Waals surface area (Å²) in [7, 11) is 0. The van der Waals surface area contributed by atoms with E-state index in [4.69, 9.17) is 5.41 Å². The van der Waals surface area contributed by atoms with Crippen molar-refractivity contribution in [3.8, 4) is 40.0 Å². The third-order valence-electron chi connectivity index (χ3n) is 3.44. The molecular weight excluding hydrogens is 292 g/mol. The van der Waals surface area contributed by atoms with Gasteiger partial charge in [0, 0.05) is 29.2 Å². The number of phenolic OH excluding ortho intramolecular Hbond substituents is 2. The third-order valence-corrected chi connectivity index (χ3v) is 3.44. The van der Waals surface area contributed by atoms with Gasteiger partial charge in [0.15, 0.2) is 11.5 Å². The number of nitrogens with one attached hydrogen (secondary N) is 2. The molecule has 3 aromatic rings. The van der Waals surface area contributed by atoms with Gasteiger partial charge >= 0.3 is 0 Å². The first-order valence-corrected chi connectivity index (χ1v) is 6.75. The predicted molar refractivity (Wildman–Crippen MR) is 83.4 cm³/mol. The molecule has 23 heavy (non-hydrogen) atoms. The number of aromatic nitrogens is 2. The standard InChI is InChI=1S/C17H12N4O2/c18-8-13-12(10-3-4-15(22)16(23)6-10)7-14(21-17(13)19)11-2-1-5-20-9-11/h1-7,9,22-23H,(H2,19,21). The van der Waals surface area contributed by atoms with Crippen molar-refractivity contribution in [3.05, 3.63) is 59.8 Å². The van der Waals surface area contributed by atoms with Gasteiger partial charge < -0.3 is 15.2 Å². The molecule has 4 N–H and O–H groups in total. The zero-order chi connectivity index (χ0) is 16.4. The van der Waals surface area contributed by atoms with Crippen molar-refractivity contribution in [2.75, 3.05) is 0 Å². The zero-order valence-corrected chi connectivity index (χ0v) is 11.9. The monoisotopic (exact) mass is 304 g/mol. The molecule has 2 aromatic heterocycles. The molecule has 0 radical (unpaired) electrons. The highest BCUT2D eigenvalue weighted by atomic mass is 16.3. The summed E-state index contributed by atoms with van der Waals surface area (Å²) in [6, 6.07) is 11.6. The molecule has 0 bridgehead atoms. The van der Waals surface area contributed by atoms with E-state index >= 15 is 0 Å². The lowest BCUT2D eigenvalue weighted by Crippen LogP contribution is -2.13. The number of benzene rings is 1. The lowest BCUT2D eigenvalue weighted by Gasteiger charge is -2.09. The Morgan fingerprint density at radius 1 is 1.09 bits per heavy atom. The summed E-state index contributed by atoms with van der Waals surface area (Å²) in [5.74, 6) is -0.526. The first-order valence-electron chi connectivity index (χ1n) is 6.75. The van der Waals surface area contributed by atoms with Crippen molar-refractivity contribution < 1.29 is 10.2 Å². The van der Waals surface area contributed by atoms with Crippen LogP contribution in [0.4, 0.5) is 0 Å². The van der Waals surface area contributed by atoms with E-state index < -0.39 is 0 Å². The maximum atomic E-state index is 9.68. The lowest BCUT2D eigenvalue weighted by atomic mass is 9.99. The number of aromatic amines is 1. The summed E-state index contributed by atoms with van der Waals surface area (Å²) in [4.78, 5) is 6.91. The second-order valence-corrected chi connectivity index (χ2v) is 4.90. The summed E-state index contributed by atoms with van der Waals surface area (Å²) in [5.41, 5.74) is 2.55. The highest BCUT2D eigenvalue weighted by Crippen LogP contribution is 2.32. The molecule has 0 atom stereocenters. The normalized spacial score (nSPS) is 10.2. The zero-order valence-electron chi connectivity index (χ0n) is 11.9. The Bertz CT molecular complexity index is 972. The van der Waals surface area contributed by atoms with Gasteiger partial charge in [-0.15, -0.1) is 0 Å². The van der Waals surface area contributed by atoms with Crippen LogP contribution in [0.2, 0.25) is 0 Å². The second-order valence-electron chi connectivity index (χ2n) is 4.90. The Morgan fingerprint density at radius 3 is 2.57 bits per heavy atom. The molecule has 112 valence electrons. The molecule has 1 aromatic carbocycles. The summed E-state index contributed by atoms with van der Waals surface area (Å²) in [6.45, 7) is 0. The molecule has 0 amide bonds. The minimum atomic E-state index is -0.284. The summed E-state index contributed by atoms with van der Waals surface area (Å²) >= 11 is 0. The Hall–Kier alpha value is -3.59. The number of aromatic hydroxyl groups is 2. The summed E-state index contributed by atoms with van der Waals surface area (Å²) in [5, 5.41) is 36.5. The number of H-pyrrole nitrogens is 1. The topological polar surface area (TPSA) is 117 Å². The van der Waals surface area contributed by atoms with E-state index in [1.54, 1.807) is 30.6 Å². The number of hydrogen-bond donors (Lipinski definition) is 4. The molecule has 0 saturated carbocycles. The van der Waals surface area contributed by atoms with Crippen LogP contribution in [0.1, 0.15) is 5.56 Å². The predicted octanol–water partition coefficient (Wildman–Crippen LogP) is 2.51. The van der Waals surface area contributed by atoms with Crippen molar-refractivity contribution in [1.29, 1.82) is 10.7 Å². The SMILES string of the molecule is N#Cc1c(-c2ccc(O)c(O)c2)cc(-c2cccnc2)[nH]c1=N. The van der Waals surface area contributed by atoms with Gasteiger partial charge in [-0.05, 0) is 35.9 Å². The van der Waals surface area contributed by atoms with Crippen LogP contribution < -0.4 is 5.49 Å². The Labute approximate surface area is 131 Å². The molecular formula is C17H12N4O2. The minimum Gasteiger partial charge on any atom is -0.504 e. The van der Waals surface area contributed by atoms with Gasteiger partial charge in [0.1, 0.15) is 17.1 Å². The fourth-order valence-electron chi connectivity index (χ4n) is 2.30. The summed E-state index contributed by atoms with van der Waals surface area (Å²) in [6.07, 6.45) is 3.29. The molecule has 0 unspecified atom stereocenters. The first-order chi connectivity index (χ1) is 11.1. The van der Waals surface area contributed by atoms with Gasteiger partial charge in [-0.3, -0.25) is 10.4 Å². The average molecular weight is 304 g/mol. The molecule has 0 spiro atoms. The van der Waals surface area contributed by atoms with Gasteiger partial charge in [0.05, 0.1) is 0 Å². The van der Waals surface area contributed by atoms with Crippen molar-refractivity contribution in [2.24, 2.45) is 0 Å². The van der Waals surface area contributed by atoms with Crippen LogP contribution in [0.3, 0.4) is 0 Å². The van der Waals surface area contributed by atoms with Crippen molar-refractivity contribution >= 4 is 0 Å². The smallest absolute Gasteiger partial charge is 0.158 e. The number of rotatable bonds is 2. The minimum absolute atomic E-state index is 0.0311. The molecule has 2 heterocycles. The van der Waals surface area contributed by atoms with E-state index in [1.165, 1.54) is 12.1 Å². The molecule has 0 fully saturated rings. The molecule has 6 heteroatoms. The Morgan fingerprint density at radius 2 is 1.91 bits per heavy atom. The molecule has 6 nitrogen and oxygen atoms in total. The van der Waals surface area contributed by atoms with Crippen LogP contribution in [0.25, 0.3) is 22.4 Å². The maximum Gasteiger partial charge on any atom is 0.158 e. The first kappa shape index (κ1) is 14.4. The van der Waals surface area contributed by atoms with E-state index in [1.807, 2.05) is 12.1 Å². The molecule has 0 aliphatic heterocycles. The highest BCUT2D eigenvalue weighted by Gasteiger charge is 2.12. The van der Waals surface area contributed by atoms with Crippen molar-refractivity contribution in [2.45, 2.75) is 0 Å². The van der Waals surface area contributed by atoms with Crippen LogP contribution in [0.15, 0.2) is 48.8 Å². The molecule has 0 aliphatic carbocycles. The van der Waals surface area contributed by atoms with Gasteiger partial charge in [-0.1, -0.05) is 6.07 Å². The van der Waals surface area contributed by atoms with Gasteiger partial charge in [-0.25, -0.2) is 0 Å². The Balaban J connectivity index is 2.27.